The Morgan fingerprint density at radius 2 is 1.92 bits per heavy atom. The van der Waals surface area contributed by atoms with Crippen LogP contribution in [0.4, 0.5) is 0 Å². The molecule has 2 atom stereocenters. The topological polar surface area (TPSA) is 35.2 Å². The van der Waals surface area contributed by atoms with Gasteiger partial charge in [0.05, 0.1) is 12.7 Å². The zero-order valence-corrected chi connectivity index (χ0v) is 8.22. The molecule has 0 aliphatic heterocycles. The summed E-state index contributed by atoms with van der Waals surface area (Å²) in [5.74, 6) is 0. The molecule has 0 unspecified atom stereocenters. The first-order valence-corrected chi connectivity index (χ1v) is 5.65. The predicted octanol–water partition coefficient (Wildman–Crippen LogP) is 1.68. The first-order valence-electron chi connectivity index (χ1n) is 5.65. The van der Waals surface area contributed by atoms with Crippen LogP contribution in [0.2, 0.25) is 0 Å². The van der Waals surface area contributed by atoms with Gasteiger partial charge in [0.2, 0.25) is 0 Å². The van der Waals surface area contributed by atoms with E-state index in [-0.39, 0.29) is 0 Å². The van der Waals surface area contributed by atoms with E-state index in [1.54, 1.807) is 0 Å². The van der Waals surface area contributed by atoms with Crippen molar-refractivity contribution >= 4 is 0 Å². The highest BCUT2D eigenvalue weighted by Gasteiger charge is 2.71. The molecule has 3 saturated carbocycles. The monoisotopic (exact) mass is 181 g/mol. The van der Waals surface area contributed by atoms with Crippen LogP contribution in [0.5, 0.6) is 0 Å². The maximum absolute atomic E-state index is 5.84. The van der Waals surface area contributed by atoms with Crippen molar-refractivity contribution in [1.82, 2.24) is 0 Å². The fourth-order valence-electron chi connectivity index (χ4n) is 3.65. The molecule has 3 aliphatic carbocycles. The average molecular weight is 181 g/mol. The van der Waals surface area contributed by atoms with Gasteiger partial charge >= 0.3 is 0 Å². The van der Waals surface area contributed by atoms with Gasteiger partial charge in [-0.05, 0) is 43.9 Å². The van der Waals surface area contributed by atoms with Crippen molar-refractivity contribution in [3.05, 3.63) is 0 Å². The molecule has 2 spiro atoms. The lowest BCUT2D eigenvalue weighted by Crippen LogP contribution is -2.58. The summed E-state index contributed by atoms with van der Waals surface area (Å²) in [7, 11) is 0. The number of hydrogen-bond acceptors (Lipinski definition) is 2. The normalized spacial score (nSPS) is 44.5. The highest BCUT2D eigenvalue weighted by molar-refractivity contribution is 5.21. The van der Waals surface area contributed by atoms with Crippen molar-refractivity contribution in [2.24, 2.45) is 16.6 Å². The summed E-state index contributed by atoms with van der Waals surface area (Å²) in [5.41, 5.74) is 6.87. The lowest BCUT2D eigenvalue weighted by atomic mass is 9.46. The summed E-state index contributed by atoms with van der Waals surface area (Å²) in [4.78, 5) is 0. The molecule has 2 N–H and O–H groups in total. The van der Waals surface area contributed by atoms with Gasteiger partial charge in [-0.25, -0.2) is 0 Å². The molecule has 2 nitrogen and oxygen atoms in total. The molecule has 74 valence electrons. The Morgan fingerprint density at radius 3 is 2.31 bits per heavy atom. The van der Waals surface area contributed by atoms with Crippen molar-refractivity contribution in [3.8, 4) is 0 Å². The second kappa shape index (κ2) is 2.48. The highest BCUT2D eigenvalue weighted by Crippen LogP contribution is 2.78. The maximum atomic E-state index is 5.84. The number of nitrogens with two attached hydrogens (primary N) is 1. The van der Waals surface area contributed by atoms with Crippen LogP contribution in [-0.4, -0.2) is 19.3 Å². The smallest absolute Gasteiger partial charge is 0.0637 e. The third-order valence-corrected chi connectivity index (χ3v) is 4.87. The van der Waals surface area contributed by atoms with Gasteiger partial charge in [-0.3, -0.25) is 0 Å². The molecule has 0 bridgehead atoms. The van der Waals surface area contributed by atoms with E-state index in [4.69, 9.17) is 10.5 Å². The van der Waals surface area contributed by atoms with Crippen LogP contribution in [-0.2, 0) is 4.74 Å². The quantitative estimate of drug-likeness (QED) is 0.719. The Labute approximate surface area is 79.8 Å². The highest BCUT2D eigenvalue weighted by atomic mass is 16.5. The second-order valence-electron chi connectivity index (χ2n) is 5.12. The van der Waals surface area contributed by atoms with E-state index < -0.39 is 0 Å². The van der Waals surface area contributed by atoms with Crippen molar-refractivity contribution in [2.45, 2.75) is 44.6 Å². The molecular weight excluding hydrogens is 162 g/mol. The molecule has 0 aromatic heterocycles. The standard InChI is InChI=1S/C11H19NO/c12-7-8-13-9-1-2-11(9)6-5-10(11)3-4-10/h9H,1-8,12H2/t9-,11-/m1/s1. The Balaban J connectivity index is 1.65. The number of hydrogen-bond donors (Lipinski definition) is 1. The van der Waals surface area contributed by atoms with Crippen LogP contribution in [0.25, 0.3) is 0 Å². The first-order chi connectivity index (χ1) is 6.33. The van der Waals surface area contributed by atoms with Gasteiger partial charge in [-0.1, -0.05) is 0 Å². The van der Waals surface area contributed by atoms with Gasteiger partial charge in [0, 0.05) is 12.0 Å². The summed E-state index contributed by atoms with van der Waals surface area (Å²) in [6.07, 6.45) is 9.18. The third-order valence-electron chi connectivity index (χ3n) is 4.87. The van der Waals surface area contributed by atoms with Gasteiger partial charge in [0.25, 0.3) is 0 Å². The van der Waals surface area contributed by atoms with Gasteiger partial charge in [0.15, 0.2) is 0 Å². The first kappa shape index (κ1) is 8.25. The molecule has 0 heterocycles. The van der Waals surface area contributed by atoms with Gasteiger partial charge in [-0.2, -0.15) is 0 Å². The molecule has 0 amide bonds. The third kappa shape index (κ3) is 0.861. The minimum Gasteiger partial charge on any atom is -0.376 e. The Morgan fingerprint density at radius 1 is 1.15 bits per heavy atom. The summed E-state index contributed by atoms with van der Waals surface area (Å²) in [5, 5.41) is 0. The summed E-state index contributed by atoms with van der Waals surface area (Å²) in [6.45, 7) is 1.45. The van der Waals surface area contributed by atoms with Gasteiger partial charge in [-0.15, -0.1) is 0 Å². The summed E-state index contributed by atoms with van der Waals surface area (Å²) in [6, 6.07) is 0. The van der Waals surface area contributed by atoms with E-state index in [0.717, 1.165) is 12.0 Å². The molecule has 0 aromatic rings. The van der Waals surface area contributed by atoms with Crippen LogP contribution < -0.4 is 5.73 Å². The van der Waals surface area contributed by atoms with Crippen LogP contribution >= 0.6 is 0 Å². The fourth-order valence-corrected chi connectivity index (χ4v) is 3.65. The average Bonchev–Trinajstić information content (AvgIpc) is 2.82. The van der Waals surface area contributed by atoms with E-state index in [1.165, 1.54) is 38.5 Å². The lowest BCUT2D eigenvalue weighted by Gasteiger charge is -2.62. The van der Waals surface area contributed by atoms with Crippen molar-refractivity contribution in [3.63, 3.8) is 0 Å². The number of ether oxygens (including phenoxy) is 1. The zero-order chi connectivity index (χ0) is 8.94. The second-order valence-corrected chi connectivity index (χ2v) is 5.12. The molecule has 0 radical (unpaired) electrons. The molecule has 0 aromatic carbocycles. The predicted molar refractivity (Wildman–Crippen MR) is 51.4 cm³/mol. The zero-order valence-electron chi connectivity index (χ0n) is 8.22. The van der Waals surface area contributed by atoms with Crippen molar-refractivity contribution < 1.29 is 4.74 Å². The Bertz CT molecular complexity index is 220. The van der Waals surface area contributed by atoms with E-state index in [9.17, 15) is 0 Å². The van der Waals surface area contributed by atoms with E-state index in [2.05, 4.69) is 0 Å². The van der Waals surface area contributed by atoms with Crippen molar-refractivity contribution in [1.29, 1.82) is 0 Å². The summed E-state index contributed by atoms with van der Waals surface area (Å²) < 4.78 is 5.84. The SMILES string of the molecule is NCCO[C@@H]1CC[C@@]12CCC21CC1. The molecule has 2 heteroatoms. The van der Waals surface area contributed by atoms with E-state index >= 15 is 0 Å². The molecule has 0 saturated heterocycles. The van der Waals surface area contributed by atoms with Crippen LogP contribution in [0.3, 0.4) is 0 Å². The molecule has 13 heavy (non-hydrogen) atoms. The summed E-state index contributed by atoms with van der Waals surface area (Å²) >= 11 is 0. The maximum Gasteiger partial charge on any atom is 0.0637 e. The van der Waals surface area contributed by atoms with E-state index in [0.29, 0.717) is 18.1 Å². The minimum atomic E-state index is 0.576. The molecule has 3 rings (SSSR count). The lowest BCUT2D eigenvalue weighted by molar-refractivity contribution is -0.199. The van der Waals surface area contributed by atoms with Crippen LogP contribution in [0.1, 0.15) is 38.5 Å². The van der Waals surface area contributed by atoms with Gasteiger partial charge in [0.1, 0.15) is 0 Å². The number of rotatable bonds is 3. The van der Waals surface area contributed by atoms with Crippen LogP contribution in [0.15, 0.2) is 0 Å². The minimum absolute atomic E-state index is 0.576. The molecular formula is C11H19NO. The van der Waals surface area contributed by atoms with E-state index in [1.807, 2.05) is 0 Å². The van der Waals surface area contributed by atoms with Crippen LogP contribution in [0, 0.1) is 10.8 Å². The van der Waals surface area contributed by atoms with Crippen molar-refractivity contribution in [2.75, 3.05) is 13.2 Å². The molecule has 3 aliphatic rings. The molecule has 3 fully saturated rings. The fraction of sp³-hybridized carbons (Fsp3) is 1.00. The number of fused-ring (bicyclic) bond motifs is 1. The van der Waals surface area contributed by atoms with Gasteiger partial charge < -0.3 is 10.5 Å². The largest absolute Gasteiger partial charge is 0.376 e. The Kier molecular flexibility index (Phi) is 1.58. The Hall–Kier alpha value is -0.0800.